The number of imidazole rings is 1. The lowest BCUT2D eigenvalue weighted by molar-refractivity contribution is -0.133. The van der Waals surface area contributed by atoms with Gasteiger partial charge in [-0.15, -0.1) is 0 Å². The van der Waals surface area contributed by atoms with Crippen LogP contribution < -0.4 is 11.2 Å². The predicted molar refractivity (Wildman–Crippen MR) is 122 cm³/mol. The van der Waals surface area contributed by atoms with Crippen LogP contribution in [-0.4, -0.2) is 42.6 Å². The molecule has 0 spiro atoms. The highest BCUT2D eigenvalue weighted by Crippen LogP contribution is 2.31. The molecule has 1 aromatic carbocycles. The second kappa shape index (κ2) is 8.41. The monoisotopic (exact) mass is 435 g/mol. The van der Waals surface area contributed by atoms with Gasteiger partial charge in [0.05, 0.1) is 12.9 Å². The van der Waals surface area contributed by atoms with Gasteiger partial charge in [-0.05, 0) is 38.2 Å². The third-order valence-electron chi connectivity index (χ3n) is 6.95. The maximum Gasteiger partial charge on any atom is 0.333 e. The Morgan fingerprint density at radius 3 is 2.44 bits per heavy atom. The molecule has 2 fully saturated rings. The van der Waals surface area contributed by atoms with Gasteiger partial charge in [0.2, 0.25) is 5.91 Å². The largest absolute Gasteiger partial charge is 0.341 e. The summed E-state index contributed by atoms with van der Waals surface area (Å²) in [6.07, 6.45) is 7.83. The Kier molecular flexibility index (Phi) is 5.45. The highest BCUT2D eigenvalue weighted by molar-refractivity contribution is 5.81. The van der Waals surface area contributed by atoms with E-state index < -0.39 is 17.3 Å². The summed E-state index contributed by atoms with van der Waals surface area (Å²) in [6.45, 7) is 3.32. The standard InChI is InChI=1S/C24H29N5O3/c1-17(22(30)26-13-7-8-14-26)29-23(31)20-21(25-16-28(20)19-11-5-6-12-19)27(24(29)32)15-18-9-3-2-4-10-18/h2-4,9-10,16-17,19H,5-8,11-15H2,1H3. The Balaban J connectivity index is 1.69. The van der Waals surface area contributed by atoms with Gasteiger partial charge in [0.15, 0.2) is 11.2 Å². The molecular formula is C24H29N5O3. The Bertz CT molecular complexity index is 1240. The van der Waals surface area contributed by atoms with Gasteiger partial charge in [0, 0.05) is 19.1 Å². The van der Waals surface area contributed by atoms with E-state index >= 15 is 0 Å². The summed E-state index contributed by atoms with van der Waals surface area (Å²) in [4.78, 5) is 46.7. The molecule has 1 aliphatic heterocycles. The van der Waals surface area contributed by atoms with Crippen molar-refractivity contribution in [3.8, 4) is 0 Å². The van der Waals surface area contributed by atoms with Crippen LogP contribution in [0.1, 0.15) is 63.1 Å². The molecule has 0 radical (unpaired) electrons. The zero-order valence-corrected chi connectivity index (χ0v) is 18.4. The first-order valence-corrected chi connectivity index (χ1v) is 11.6. The zero-order valence-electron chi connectivity index (χ0n) is 18.4. The van der Waals surface area contributed by atoms with E-state index in [0.717, 1.165) is 48.7 Å². The van der Waals surface area contributed by atoms with Crippen LogP contribution in [-0.2, 0) is 11.3 Å². The van der Waals surface area contributed by atoms with Crippen molar-refractivity contribution in [2.24, 2.45) is 0 Å². The van der Waals surface area contributed by atoms with Crippen molar-refractivity contribution in [3.05, 3.63) is 63.1 Å². The van der Waals surface area contributed by atoms with Gasteiger partial charge in [-0.3, -0.25) is 14.2 Å². The van der Waals surface area contributed by atoms with Crippen LogP contribution in [0, 0.1) is 0 Å². The molecule has 1 aliphatic carbocycles. The number of amides is 1. The van der Waals surface area contributed by atoms with Crippen molar-refractivity contribution in [2.75, 3.05) is 13.1 Å². The molecule has 32 heavy (non-hydrogen) atoms. The highest BCUT2D eigenvalue weighted by Gasteiger charge is 2.30. The van der Waals surface area contributed by atoms with Crippen LogP contribution in [0.3, 0.4) is 0 Å². The Morgan fingerprint density at radius 1 is 1.06 bits per heavy atom. The van der Waals surface area contributed by atoms with Crippen molar-refractivity contribution < 1.29 is 4.79 Å². The van der Waals surface area contributed by atoms with E-state index in [1.54, 1.807) is 22.7 Å². The van der Waals surface area contributed by atoms with E-state index in [9.17, 15) is 14.4 Å². The number of hydrogen-bond acceptors (Lipinski definition) is 4. The average Bonchev–Trinajstić information content (AvgIpc) is 3.57. The first kappa shape index (κ1) is 20.7. The summed E-state index contributed by atoms with van der Waals surface area (Å²) < 4.78 is 4.64. The molecule has 2 aliphatic rings. The minimum atomic E-state index is -0.855. The fourth-order valence-corrected chi connectivity index (χ4v) is 5.20. The molecule has 1 saturated heterocycles. The molecule has 1 unspecified atom stereocenters. The number of aromatic nitrogens is 4. The number of likely N-dealkylation sites (tertiary alicyclic amines) is 1. The lowest BCUT2D eigenvalue weighted by Crippen LogP contribution is -2.47. The lowest BCUT2D eigenvalue weighted by atomic mass is 10.2. The predicted octanol–water partition coefficient (Wildman–Crippen LogP) is 2.71. The van der Waals surface area contributed by atoms with Gasteiger partial charge in [-0.2, -0.15) is 0 Å². The average molecular weight is 436 g/mol. The summed E-state index contributed by atoms with van der Waals surface area (Å²) in [5, 5.41) is 0. The molecule has 5 rings (SSSR count). The third kappa shape index (κ3) is 3.47. The molecule has 3 heterocycles. The van der Waals surface area contributed by atoms with Gasteiger partial charge < -0.3 is 9.47 Å². The quantitative estimate of drug-likeness (QED) is 0.617. The van der Waals surface area contributed by atoms with E-state index in [1.165, 1.54) is 0 Å². The smallest absolute Gasteiger partial charge is 0.333 e. The van der Waals surface area contributed by atoms with Crippen LogP contribution in [0.2, 0.25) is 0 Å². The molecule has 0 N–H and O–H groups in total. The topological polar surface area (TPSA) is 82.1 Å². The molecule has 1 atom stereocenters. The third-order valence-corrected chi connectivity index (χ3v) is 6.95. The number of hydrogen-bond donors (Lipinski definition) is 0. The number of benzene rings is 1. The molecule has 1 saturated carbocycles. The molecular weight excluding hydrogens is 406 g/mol. The Morgan fingerprint density at radius 2 is 1.75 bits per heavy atom. The summed E-state index contributed by atoms with van der Waals surface area (Å²) in [7, 11) is 0. The summed E-state index contributed by atoms with van der Waals surface area (Å²) in [6, 6.07) is 9.00. The second-order valence-electron chi connectivity index (χ2n) is 9.00. The van der Waals surface area contributed by atoms with Gasteiger partial charge in [0.1, 0.15) is 6.04 Å². The van der Waals surface area contributed by atoms with Gasteiger partial charge >= 0.3 is 5.69 Å². The van der Waals surface area contributed by atoms with Gasteiger partial charge in [-0.25, -0.2) is 14.3 Å². The summed E-state index contributed by atoms with van der Waals surface area (Å²) in [5.74, 6) is -0.167. The minimum Gasteiger partial charge on any atom is -0.341 e. The zero-order chi connectivity index (χ0) is 22.2. The van der Waals surface area contributed by atoms with Crippen LogP contribution in [0.5, 0.6) is 0 Å². The second-order valence-corrected chi connectivity index (χ2v) is 9.00. The molecule has 8 nitrogen and oxygen atoms in total. The van der Waals surface area contributed by atoms with Crippen molar-refractivity contribution in [1.82, 2.24) is 23.6 Å². The van der Waals surface area contributed by atoms with E-state index in [0.29, 0.717) is 30.8 Å². The van der Waals surface area contributed by atoms with Crippen LogP contribution in [0.15, 0.2) is 46.2 Å². The summed E-state index contributed by atoms with van der Waals surface area (Å²) >= 11 is 0. The Labute approximate surface area is 186 Å². The van der Waals surface area contributed by atoms with Gasteiger partial charge in [0.25, 0.3) is 5.56 Å². The SMILES string of the molecule is CC(C(=O)N1CCCC1)n1c(=O)c2c(ncn2C2CCCC2)n(Cc2ccccc2)c1=O. The first-order valence-electron chi connectivity index (χ1n) is 11.6. The van der Waals surface area contributed by atoms with Crippen molar-refractivity contribution in [3.63, 3.8) is 0 Å². The molecule has 1 amide bonds. The summed E-state index contributed by atoms with van der Waals surface area (Å²) in [5.41, 5.74) is 0.859. The van der Waals surface area contributed by atoms with Crippen molar-refractivity contribution in [2.45, 2.75) is 64.1 Å². The van der Waals surface area contributed by atoms with Crippen LogP contribution >= 0.6 is 0 Å². The normalized spacial score (nSPS) is 18.0. The molecule has 168 valence electrons. The maximum atomic E-state index is 13.7. The maximum absolute atomic E-state index is 13.7. The highest BCUT2D eigenvalue weighted by atomic mass is 16.2. The van der Waals surface area contributed by atoms with E-state index in [-0.39, 0.29) is 11.9 Å². The fraction of sp³-hybridized carbons (Fsp3) is 0.500. The van der Waals surface area contributed by atoms with Crippen LogP contribution in [0.25, 0.3) is 11.2 Å². The van der Waals surface area contributed by atoms with E-state index in [4.69, 9.17) is 0 Å². The van der Waals surface area contributed by atoms with E-state index in [2.05, 4.69) is 4.98 Å². The van der Waals surface area contributed by atoms with Gasteiger partial charge in [-0.1, -0.05) is 43.2 Å². The van der Waals surface area contributed by atoms with E-state index in [1.807, 2.05) is 34.9 Å². The molecule has 8 heteroatoms. The van der Waals surface area contributed by atoms with Crippen molar-refractivity contribution >= 4 is 17.1 Å². The number of fused-ring (bicyclic) bond motifs is 1. The van der Waals surface area contributed by atoms with Crippen molar-refractivity contribution in [1.29, 1.82) is 0 Å². The van der Waals surface area contributed by atoms with Crippen LogP contribution in [0.4, 0.5) is 0 Å². The Hall–Kier alpha value is -3.16. The molecule has 3 aromatic rings. The molecule has 2 aromatic heterocycles. The number of rotatable bonds is 5. The number of nitrogens with zero attached hydrogens (tertiary/aromatic N) is 5. The minimum absolute atomic E-state index is 0.167. The first-order chi connectivity index (χ1) is 15.6. The lowest BCUT2D eigenvalue weighted by Gasteiger charge is -2.23. The molecule has 0 bridgehead atoms. The number of carbonyl (C=O) groups excluding carboxylic acids is 1. The fourth-order valence-electron chi connectivity index (χ4n) is 5.20. The number of carbonyl (C=O) groups is 1.